The van der Waals surface area contributed by atoms with Gasteiger partial charge in [-0.15, -0.1) is 0 Å². The molecule has 0 aliphatic carbocycles. The van der Waals surface area contributed by atoms with Crippen LogP contribution in [0.4, 0.5) is 0 Å². The summed E-state index contributed by atoms with van der Waals surface area (Å²) in [4.78, 5) is 16.9. The summed E-state index contributed by atoms with van der Waals surface area (Å²) in [7, 11) is 0. The first-order valence-corrected chi connectivity index (χ1v) is 11.8. The molecule has 6 heteroatoms. The Labute approximate surface area is 207 Å². The first-order chi connectivity index (χ1) is 15.9. The summed E-state index contributed by atoms with van der Waals surface area (Å²) in [6.07, 6.45) is 1.73. The summed E-state index contributed by atoms with van der Waals surface area (Å²) in [5.41, 5.74) is 3.99. The van der Waals surface area contributed by atoms with E-state index in [2.05, 4.69) is 39.7 Å². The molecule has 0 radical (unpaired) electrons. The molecule has 0 amide bonds. The Morgan fingerprint density at radius 1 is 1.00 bits per heavy atom. The lowest BCUT2D eigenvalue weighted by molar-refractivity contribution is -0.129. The van der Waals surface area contributed by atoms with Gasteiger partial charge in [-0.05, 0) is 90.4 Å². The Morgan fingerprint density at radius 3 is 2.33 bits per heavy atom. The summed E-state index contributed by atoms with van der Waals surface area (Å²) in [5, 5.41) is 0. The minimum absolute atomic E-state index is 0.0205. The molecule has 3 aromatic carbocycles. The van der Waals surface area contributed by atoms with Crippen LogP contribution in [0.5, 0.6) is 11.5 Å². The molecule has 0 saturated carbocycles. The number of ether oxygens (including phenoxy) is 3. The van der Waals surface area contributed by atoms with E-state index in [1.165, 1.54) is 0 Å². The maximum absolute atomic E-state index is 12.5. The smallest absolute Gasteiger partial charge is 0.363 e. The third-order valence-electron chi connectivity index (χ3n) is 4.85. The van der Waals surface area contributed by atoms with E-state index in [1.807, 2.05) is 75.4 Å². The number of halogens is 1. The molecule has 168 valence electrons. The van der Waals surface area contributed by atoms with Gasteiger partial charge in [-0.3, -0.25) is 0 Å². The summed E-state index contributed by atoms with van der Waals surface area (Å²) in [6, 6.07) is 21.7. The molecular formula is C27H24INO4. The van der Waals surface area contributed by atoms with Crippen LogP contribution >= 0.6 is 22.6 Å². The fourth-order valence-corrected chi connectivity index (χ4v) is 4.16. The van der Waals surface area contributed by atoms with Gasteiger partial charge in [-0.2, -0.15) is 0 Å². The molecule has 0 unspecified atom stereocenters. The number of rotatable bonds is 7. The van der Waals surface area contributed by atoms with Crippen molar-refractivity contribution in [3.8, 4) is 22.6 Å². The lowest BCUT2D eigenvalue weighted by Gasteiger charge is -2.16. The van der Waals surface area contributed by atoms with Crippen molar-refractivity contribution in [2.24, 2.45) is 4.99 Å². The van der Waals surface area contributed by atoms with Gasteiger partial charge in [0.15, 0.2) is 17.2 Å². The van der Waals surface area contributed by atoms with E-state index in [0.29, 0.717) is 24.0 Å². The Kier molecular flexibility index (Phi) is 7.13. The Balaban J connectivity index is 1.61. The number of cyclic esters (lactones) is 1. The van der Waals surface area contributed by atoms with Crippen molar-refractivity contribution in [1.29, 1.82) is 0 Å². The largest absolute Gasteiger partial charge is 0.490 e. The van der Waals surface area contributed by atoms with Crippen LogP contribution in [0.1, 0.15) is 31.9 Å². The highest BCUT2D eigenvalue weighted by atomic mass is 127. The van der Waals surface area contributed by atoms with E-state index >= 15 is 0 Å². The SMILES string of the molecule is CCOc1cc(/C=C2\N=C(c3ccc(-c4ccccc4)cc3)OC2=O)cc(I)c1OC(C)C. The van der Waals surface area contributed by atoms with Gasteiger partial charge in [-0.25, -0.2) is 9.79 Å². The van der Waals surface area contributed by atoms with Crippen molar-refractivity contribution >= 4 is 40.5 Å². The van der Waals surface area contributed by atoms with Crippen molar-refractivity contribution in [3.63, 3.8) is 0 Å². The number of nitrogens with zero attached hydrogens (tertiary/aromatic N) is 1. The molecule has 1 aliphatic rings. The number of hydrogen-bond donors (Lipinski definition) is 0. The average Bonchev–Trinajstić information content (AvgIpc) is 3.17. The number of carbonyl (C=O) groups excluding carboxylic acids is 1. The standard InChI is InChI=1S/C27H24INO4/c1-4-31-24-16-18(14-22(28)25(24)32-17(2)3)15-23-27(30)33-26(29-23)21-12-10-20(11-13-21)19-8-6-5-7-9-19/h5-17H,4H2,1-3H3/b23-15-. The van der Waals surface area contributed by atoms with Gasteiger partial charge in [-0.1, -0.05) is 42.5 Å². The zero-order chi connectivity index (χ0) is 23.4. The highest BCUT2D eigenvalue weighted by Gasteiger charge is 2.24. The second-order valence-electron chi connectivity index (χ2n) is 7.71. The van der Waals surface area contributed by atoms with E-state index in [0.717, 1.165) is 25.8 Å². The maximum atomic E-state index is 12.5. The Hall–Kier alpha value is -3.13. The molecular weight excluding hydrogens is 529 g/mol. The van der Waals surface area contributed by atoms with Crippen molar-refractivity contribution in [3.05, 3.63) is 87.1 Å². The number of benzene rings is 3. The Bertz CT molecular complexity index is 1210. The quantitative estimate of drug-likeness (QED) is 0.191. The zero-order valence-electron chi connectivity index (χ0n) is 18.7. The second-order valence-corrected chi connectivity index (χ2v) is 8.87. The average molecular weight is 553 g/mol. The molecule has 1 heterocycles. The van der Waals surface area contributed by atoms with Crippen LogP contribution in [-0.2, 0) is 9.53 Å². The topological polar surface area (TPSA) is 57.1 Å². The molecule has 0 atom stereocenters. The van der Waals surface area contributed by atoms with Gasteiger partial charge < -0.3 is 14.2 Å². The second kappa shape index (κ2) is 10.2. The third-order valence-corrected chi connectivity index (χ3v) is 5.65. The fourth-order valence-electron chi connectivity index (χ4n) is 3.41. The van der Waals surface area contributed by atoms with E-state index in [9.17, 15) is 4.79 Å². The zero-order valence-corrected chi connectivity index (χ0v) is 20.8. The predicted octanol–water partition coefficient (Wildman–Crippen LogP) is 6.49. The van der Waals surface area contributed by atoms with Crippen molar-refractivity contribution in [1.82, 2.24) is 0 Å². The molecule has 0 saturated heterocycles. The lowest BCUT2D eigenvalue weighted by atomic mass is 10.0. The monoisotopic (exact) mass is 553 g/mol. The van der Waals surface area contributed by atoms with Gasteiger partial charge >= 0.3 is 5.97 Å². The number of esters is 1. The first-order valence-electron chi connectivity index (χ1n) is 10.8. The van der Waals surface area contributed by atoms with Crippen LogP contribution in [0.3, 0.4) is 0 Å². The van der Waals surface area contributed by atoms with Gasteiger partial charge in [0.1, 0.15) is 0 Å². The molecule has 3 aromatic rings. The van der Waals surface area contributed by atoms with Crippen molar-refractivity contribution in [2.45, 2.75) is 26.9 Å². The summed E-state index contributed by atoms with van der Waals surface area (Å²) >= 11 is 2.21. The minimum Gasteiger partial charge on any atom is -0.490 e. The van der Waals surface area contributed by atoms with Crippen LogP contribution < -0.4 is 9.47 Å². The third kappa shape index (κ3) is 5.45. The van der Waals surface area contributed by atoms with Gasteiger partial charge in [0.25, 0.3) is 0 Å². The van der Waals surface area contributed by atoms with Crippen molar-refractivity contribution < 1.29 is 19.0 Å². The van der Waals surface area contributed by atoms with Crippen LogP contribution in [0.2, 0.25) is 0 Å². The number of hydrogen-bond acceptors (Lipinski definition) is 5. The Morgan fingerprint density at radius 2 is 1.67 bits per heavy atom. The highest BCUT2D eigenvalue weighted by molar-refractivity contribution is 14.1. The number of aliphatic imine (C=N–C) groups is 1. The molecule has 4 rings (SSSR count). The van der Waals surface area contributed by atoms with Crippen LogP contribution in [0, 0.1) is 3.57 Å². The van der Waals surface area contributed by atoms with Crippen LogP contribution in [0.25, 0.3) is 17.2 Å². The van der Waals surface area contributed by atoms with Gasteiger partial charge in [0.05, 0.1) is 16.3 Å². The van der Waals surface area contributed by atoms with E-state index in [-0.39, 0.29) is 11.8 Å². The molecule has 33 heavy (non-hydrogen) atoms. The first kappa shape index (κ1) is 23.0. The fraction of sp³-hybridized carbons (Fsp3) is 0.185. The molecule has 5 nitrogen and oxygen atoms in total. The predicted molar refractivity (Wildman–Crippen MR) is 139 cm³/mol. The van der Waals surface area contributed by atoms with E-state index in [4.69, 9.17) is 14.2 Å². The highest BCUT2D eigenvalue weighted by Crippen LogP contribution is 2.36. The van der Waals surface area contributed by atoms with Crippen LogP contribution in [0.15, 0.2) is 77.4 Å². The normalized spacial score (nSPS) is 14.4. The van der Waals surface area contributed by atoms with E-state index in [1.54, 1.807) is 6.08 Å². The van der Waals surface area contributed by atoms with Gasteiger partial charge in [0.2, 0.25) is 5.90 Å². The van der Waals surface area contributed by atoms with E-state index < -0.39 is 5.97 Å². The molecule has 0 N–H and O–H groups in total. The maximum Gasteiger partial charge on any atom is 0.363 e. The summed E-state index contributed by atoms with van der Waals surface area (Å²) in [5.74, 6) is 1.15. The molecule has 1 aliphatic heterocycles. The lowest BCUT2D eigenvalue weighted by Crippen LogP contribution is -2.09. The molecule has 0 fully saturated rings. The molecule has 0 spiro atoms. The summed E-state index contributed by atoms with van der Waals surface area (Å²) in [6.45, 7) is 6.37. The van der Waals surface area contributed by atoms with Crippen molar-refractivity contribution in [2.75, 3.05) is 6.61 Å². The van der Waals surface area contributed by atoms with Crippen LogP contribution in [-0.4, -0.2) is 24.6 Å². The molecule has 0 aromatic heterocycles. The van der Waals surface area contributed by atoms with Gasteiger partial charge in [0, 0.05) is 5.56 Å². The minimum atomic E-state index is -0.479. The molecule has 0 bridgehead atoms. The summed E-state index contributed by atoms with van der Waals surface area (Å²) < 4.78 is 18.0. The number of carbonyl (C=O) groups is 1.